The van der Waals surface area contributed by atoms with Crippen LogP contribution in [0.2, 0.25) is 0 Å². The van der Waals surface area contributed by atoms with Gasteiger partial charge in [0, 0.05) is 25.0 Å². The first-order valence-electron chi connectivity index (χ1n) is 4.66. The standard InChI is InChI=1S/C9H18N2O3S/c1-7(12)10-8(9(13)14)6-15-5-4-11(2)3/h8H,4-6H2,1-3H3,(H,10,12)(H,13,14)/t8-/m0/s1. The maximum absolute atomic E-state index is 10.7. The molecule has 88 valence electrons. The molecule has 0 spiro atoms. The van der Waals surface area contributed by atoms with Crippen LogP contribution in [-0.2, 0) is 9.59 Å². The summed E-state index contributed by atoms with van der Waals surface area (Å²) in [4.78, 5) is 23.5. The molecule has 5 nitrogen and oxygen atoms in total. The number of hydrogen-bond donors (Lipinski definition) is 2. The quantitative estimate of drug-likeness (QED) is 0.601. The van der Waals surface area contributed by atoms with Crippen molar-refractivity contribution in [2.75, 3.05) is 32.1 Å². The molecule has 1 atom stereocenters. The molecule has 0 heterocycles. The SMILES string of the molecule is CC(=O)N[C@@H](CSCCN(C)C)C(=O)O. The lowest BCUT2D eigenvalue weighted by Gasteiger charge is -2.13. The van der Waals surface area contributed by atoms with Crippen LogP contribution >= 0.6 is 11.8 Å². The number of thioether (sulfide) groups is 1. The van der Waals surface area contributed by atoms with Crippen LogP contribution in [0.25, 0.3) is 0 Å². The first-order chi connectivity index (χ1) is 6.93. The van der Waals surface area contributed by atoms with Gasteiger partial charge in [-0.05, 0) is 14.1 Å². The monoisotopic (exact) mass is 234 g/mol. The predicted octanol–water partition coefficient (Wildman–Crippen LogP) is -0.129. The molecule has 15 heavy (non-hydrogen) atoms. The van der Waals surface area contributed by atoms with Crippen molar-refractivity contribution in [1.29, 1.82) is 0 Å². The van der Waals surface area contributed by atoms with E-state index in [1.165, 1.54) is 18.7 Å². The Kier molecular flexibility index (Phi) is 7.15. The van der Waals surface area contributed by atoms with Gasteiger partial charge in [0.25, 0.3) is 0 Å². The summed E-state index contributed by atoms with van der Waals surface area (Å²) in [5, 5.41) is 11.2. The zero-order chi connectivity index (χ0) is 11.8. The number of carboxylic acid groups (broad SMARTS) is 1. The lowest BCUT2D eigenvalue weighted by atomic mass is 10.3. The zero-order valence-corrected chi connectivity index (χ0v) is 10.1. The first kappa shape index (κ1) is 14.2. The van der Waals surface area contributed by atoms with E-state index >= 15 is 0 Å². The third-order valence-electron chi connectivity index (χ3n) is 1.64. The lowest BCUT2D eigenvalue weighted by molar-refractivity contribution is -0.140. The van der Waals surface area contributed by atoms with E-state index in [-0.39, 0.29) is 5.91 Å². The summed E-state index contributed by atoms with van der Waals surface area (Å²) in [6, 6.07) is -0.783. The number of hydrogen-bond acceptors (Lipinski definition) is 4. The van der Waals surface area contributed by atoms with Gasteiger partial charge in [-0.25, -0.2) is 4.79 Å². The summed E-state index contributed by atoms with van der Waals surface area (Å²) in [5.41, 5.74) is 0. The van der Waals surface area contributed by atoms with E-state index in [0.717, 1.165) is 12.3 Å². The van der Waals surface area contributed by atoms with Crippen LogP contribution in [0.1, 0.15) is 6.92 Å². The van der Waals surface area contributed by atoms with Gasteiger partial charge in [-0.2, -0.15) is 11.8 Å². The lowest BCUT2D eigenvalue weighted by Crippen LogP contribution is -2.41. The second-order valence-corrected chi connectivity index (χ2v) is 4.62. The van der Waals surface area contributed by atoms with Crippen LogP contribution in [0, 0.1) is 0 Å². The molecule has 0 fully saturated rings. The average Bonchev–Trinajstić information content (AvgIpc) is 2.08. The van der Waals surface area contributed by atoms with Gasteiger partial charge in [0.1, 0.15) is 6.04 Å². The topological polar surface area (TPSA) is 69.6 Å². The number of nitrogens with zero attached hydrogens (tertiary/aromatic N) is 1. The number of aliphatic carboxylic acids is 1. The number of carbonyl (C=O) groups excluding carboxylic acids is 1. The van der Waals surface area contributed by atoms with E-state index in [1.54, 1.807) is 0 Å². The van der Waals surface area contributed by atoms with Crippen molar-refractivity contribution in [2.24, 2.45) is 0 Å². The zero-order valence-electron chi connectivity index (χ0n) is 9.32. The van der Waals surface area contributed by atoms with Crippen molar-refractivity contribution >= 4 is 23.6 Å². The van der Waals surface area contributed by atoms with Gasteiger partial charge >= 0.3 is 5.97 Å². The van der Waals surface area contributed by atoms with Crippen LogP contribution in [0.4, 0.5) is 0 Å². The number of amides is 1. The summed E-state index contributed by atoms with van der Waals surface area (Å²) in [7, 11) is 3.92. The second kappa shape index (κ2) is 7.53. The maximum Gasteiger partial charge on any atom is 0.327 e. The van der Waals surface area contributed by atoms with Gasteiger partial charge in [-0.1, -0.05) is 0 Å². The minimum absolute atomic E-state index is 0.310. The Hall–Kier alpha value is -0.750. The maximum atomic E-state index is 10.7. The summed E-state index contributed by atoms with van der Waals surface area (Å²) in [6.07, 6.45) is 0. The van der Waals surface area contributed by atoms with Crippen LogP contribution in [0.3, 0.4) is 0 Å². The number of carbonyl (C=O) groups is 2. The van der Waals surface area contributed by atoms with Crippen LogP contribution in [0.5, 0.6) is 0 Å². The van der Waals surface area contributed by atoms with Gasteiger partial charge < -0.3 is 15.3 Å². The Bertz CT molecular complexity index is 221. The van der Waals surface area contributed by atoms with Crippen LogP contribution in [0.15, 0.2) is 0 Å². The molecule has 0 aromatic heterocycles. The highest BCUT2D eigenvalue weighted by atomic mass is 32.2. The van der Waals surface area contributed by atoms with Crippen molar-refractivity contribution < 1.29 is 14.7 Å². The molecule has 0 aromatic rings. The van der Waals surface area contributed by atoms with Crippen molar-refractivity contribution in [2.45, 2.75) is 13.0 Å². The number of rotatable bonds is 7. The fraction of sp³-hybridized carbons (Fsp3) is 0.778. The van der Waals surface area contributed by atoms with E-state index < -0.39 is 12.0 Å². The Morgan fingerprint density at radius 1 is 1.47 bits per heavy atom. The van der Waals surface area contributed by atoms with Crippen molar-refractivity contribution in [3.05, 3.63) is 0 Å². The highest BCUT2D eigenvalue weighted by molar-refractivity contribution is 7.99. The third kappa shape index (κ3) is 8.26. The van der Waals surface area contributed by atoms with E-state index in [1.807, 2.05) is 19.0 Å². The molecule has 0 radical (unpaired) electrons. The molecule has 0 saturated heterocycles. The van der Waals surface area contributed by atoms with E-state index in [4.69, 9.17) is 5.11 Å². The Morgan fingerprint density at radius 2 is 2.07 bits per heavy atom. The summed E-state index contributed by atoms with van der Waals surface area (Å²) in [5.74, 6) is -0.0304. The molecule has 1 amide bonds. The fourth-order valence-corrected chi connectivity index (χ4v) is 1.99. The van der Waals surface area contributed by atoms with E-state index in [0.29, 0.717) is 5.75 Å². The van der Waals surface area contributed by atoms with Gasteiger partial charge in [-0.3, -0.25) is 4.79 Å². The van der Waals surface area contributed by atoms with Gasteiger partial charge in [-0.15, -0.1) is 0 Å². The summed E-state index contributed by atoms with van der Waals surface area (Å²) >= 11 is 1.52. The predicted molar refractivity (Wildman–Crippen MR) is 61.1 cm³/mol. The molecule has 0 saturated carbocycles. The van der Waals surface area contributed by atoms with Crippen molar-refractivity contribution in [3.63, 3.8) is 0 Å². The Balaban J connectivity index is 3.77. The normalized spacial score (nSPS) is 12.5. The smallest absolute Gasteiger partial charge is 0.327 e. The molecular formula is C9H18N2O3S. The molecule has 2 N–H and O–H groups in total. The molecule has 0 bridgehead atoms. The van der Waals surface area contributed by atoms with E-state index in [2.05, 4.69) is 5.32 Å². The molecule has 0 aliphatic heterocycles. The second-order valence-electron chi connectivity index (χ2n) is 3.47. The summed E-state index contributed by atoms with van der Waals surface area (Å²) < 4.78 is 0. The highest BCUT2D eigenvalue weighted by Gasteiger charge is 2.17. The van der Waals surface area contributed by atoms with Crippen molar-refractivity contribution in [3.8, 4) is 0 Å². The van der Waals surface area contributed by atoms with Gasteiger partial charge in [0.05, 0.1) is 0 Å². The van der Waals surface area contributed by atoms with Crippen LogP contribution < -0.4 is 5.32 Å². The van der Waals surface area contributed by atoms with Gasteiger partial charge in [0.2, 0.25) is 5.91 Å². The molecule has 6 heteroatoms. The largest absolute Gasteiger partial charge is 0.480 e. The minimum atomic E-state index is -0.984. The fourth-order valence-electron chi connectivity index (χ4n) is 0.868. The third-order valence-corrected chi connectivity index (χ3v) is 2.68. The molecule has 0 rings (SSSR count). The molecule has 0 aliphatic rings. The van der Waals surface area contributed by atoms with E-state index in [9.17, 15) is 9.59 Å². The number of carboxylic acids is 1. The molecular weight excluding hydrogens is 216 g/mol. The first-order valence-corrected chi connectivity index (χ1v) is 5.81. The van der Waals surface area contributed by atoms with Crippen molar-refractivity contribution in [1.82, 2.24) is 10.2 Å². The molecule has 0 unspecified atom stereocenters. The van der Waals surface area contributed by atoms with Crippen LogP contribution in [-0.4, -0.2) is 60.1 Å². The number of nitrogens with one attached hydrogen (secondary N) is 1. The molecule has 0 aliphatic carbocycles. The minimum Gasteiger partial charge on any atom is -0.480 e. The molecule has 0 aromatic carbocycles. The van der Waals surface area contributed by atoms with Gasteiger partial charge in [0.15, 0.2) is 0 Å². The Morgan fingerprint density at radius 3 is 2.47 bits per heavy atom. The average molecular weight is 234 g/mol. The summed E-state index contributed by atoms with van der Waals surface area (Å²) in [6.45, 7) is 2.22. The Labute approximate surface area is 94.2 Å². The highest BCUT2D eigenvalue weighted by Crippen LogP contribution is 2.03.